The summed E-state index contributed by atoms with van der Waals surface area (Å²) in [6.07, 6.45) is 0.953. The highest BCUT2D eigenvalue weighted by Gasteiger charge is 2.27. The number of esters is 1. The smallest absolute Gasteiger partial charge is 0.339 e. The quantitative estimate of drug-likeness (QED) is 0.775. The van der Waals surface area contributed by atoms with Gasteiger partial charge < -0.3 is 19.3 Å². The molecule has 1 aliphatic carbocycles. The Morgan fingerprint density at radius 3 is 2.80 bits per heavy atom. The Bertz CT molecular complexity index is 467. The maximum atomic E-state index is 11.7. The van der Waals surface area contributed by atoms with E-state index in [-0.39, 0.29) is 6.61 Å². The van der Waals surface area contributed by atoms with Gasteiger partial charge in [0.05, 0.1) is 20.3 Å². The fourth-order valence-electron chi connectivity index (χ4n) is 1.90. The average molecular weight is 280 g/mol. The largest absolute Gasteiger partial charge is 0.493 e. The molecule has 0 amide bonds. The summed E-state index contributed by atoms with van der Waals surface area (Å²) in [6.45, 7) is 2.49. The van der Waals surface area contributed by atoms with Gasteiger partial charge in [0, 0.05) is 5.56 Å². The Balaban J connectivity index is 2.22. The summed E-state index contributed by atoms with van der Waals surface area (Å²) in [7, 11) is 1.53. The Kier molecular flexibility index (Phi) is 4.84. The van der Waals surface area contributed by atoms with Gasteiger partial charge in [-0.15, -0.1) is 0 Å². The molecule has 1 aromatic rings. The summed E-state index contributed by atoms with van der Waals surface area (Å²) in [5.74, 6) is 0.804. The molecule has 5 heteroatoms. The van der Waals surface area contributed by atoms with Crippen LogP contribution >= 0.6 is 0 Å². The van der Waals surface area contributed by atoms with Crippen molar-refractivity contribution in [1.29, 1.82) is 0 Å². The minimum absolute atomic E-state index is 0.220. The third-order valence-electron chi connectivity index (χ3n) is 3.19. The molecule has 5 nitrogen and oxygen atoms in total. The molecule has 1 saturated carbocycles. The molecule has 0 aromatic heterocycles. The maximum Gasteiger partial charge on any atom is 0.339 e. The van der Waals surface area contributed by atoms with Gasteiger partial charge in [0.15, 0.2) is 17.6 Å². The molecular weight excluding hydrogens is 260 g/mol. The van der Waals surface area contributed by atoms with Crippen LogP contribution in [0.4, 0.5) is 0 Å². The highest BCUT2D eigenvalue weighted by molar-refractivity contribution is 5.77. The van der Waals surface area contributed by atoms with Gasteiger partial charge >= 0.3 is 5.97 Å². The number of benzene rings is 1. The summed E-state index contributed by atoms with van der Waals surface area (Å²) in [6, 6.07) is 5.09. The van der Waals surface area contributed by atoms with Crippen molar-refractivity contribution in [3.63, 3.8) is 0 Å². The molecule has 1 unspecified atom stereocenters. The topological polar surface area (TPSA) is 65.0 Å². The zero-order valence-electron chi connectivity index (χ0n) is 11.8. The number of carbonyl (C=O) groups excluding carboxylic acids is 1. The van der Waals surface area contributed by atoms with Gasteiger partial charge in [-0.05, 0) is 31.7 Å². The lowest BCUT2D eigenvalue weighted by Gasteiger charge is -2.17. The highest BCUT2D eigenvalue weighted by Crippen LogP contribution is 2.37. The first kappa shape index (κ1) is 14.7. The van der Waals surface area contributed by atoms with E-state index < -0.39 is 12.1 Å². The van der Waals surface area contributed by atoms with E-state index in [0.29, 0.717) is 29.6 Å². The third-order valence-corrected chi connectivity index (χ3v) is 3.19. The molecule has 0 heterocycles. The molecule has 0 saturated heterocycles. The molecule has 110 valence electrons. The van der Waals surface area contributed by atoms with Crippen LogP contribution in [0.25, 0.3) is 0 Å². The molecule has 0 radical (unpaired) electrons. The van der Waals surface area contributed by atoms with E-state index in [1.54, 1.807) is 25.1 Å². The lowest BCUT2D eigenvalue weighted by Crippen LogP contribution is -2.17. The molecular formula is C15H20O5. The zero-order valence-corrected chi connectivity index (χ0v) is 11.8. The van der Waals surface area contributed by atoms with Crippen LogP contribution in [0.2, 0.25) is 0 Å². The van der Waals surface area contributed by atoms with Gasteiger partial charge in [-0.25, -0.2) is 4.79 Å². The predicted octanol–water partition coefficient (Wildman–Crippen LogP) is 2.08. The van der Waals surface area contributed by atoms with Gasteiger partial charge in [-0.3, -0.25) is 0 Å². The van der Waals surface area contributed by atoms with Crippen molar-refractivity contribution in [2.45, 2.75) is 25.9 Å². The number of hydrogen-bond acceptors (Lipinski definition) is 5. The van der Waals surface area contributed by atoms with Crippen LogP contribution in [0.3, 0.4) is 0 Å². The standard InChI is InChI=1S/C15H20O5/c1-3-19-15(17)13(16)11-5-4-6-12(18-2)14(11)20-9-10-7-8-10/h4-6,10,13,16H,3,7-9H2,1-2H3. The van der Waals surface area contributed by atoms with Crippen LogP contribution in [-0.4, -0.2) is 31.4 Å². The molecule has 1 atom stereocenters. The van der Waals surface area contributed by atoms with Gasteiger partial charge in [0.25, 0.3) is 0 Å². The summed E-state index contributed by atoms with van der Waals surface area (Å²) < 4.78 is 15.8. The number of para-hydroxylation sites is 1. The van der Waals surface area contributed by atoms with Gasteiger partial charge in [0.1, 0.15) is 0 Å². The van der Waals surface area contributed by atoms with Crippen molar-refractivity contribution in [2.24, 2.45) is 5.92 Å². The fraction of sp³-hybridized carbons (Fsp3) is 0.533. The first-order chi connectivity index (χ1) is 9.67. The lowest BCUT2D eigenvalue weighted by atomic mass is 10.1. The second kappa shape index (κ2) is 6.61. The third kappa shape index (κ3) is 3.42. The minimum atomic E-state index is -1.36. The molecule has 0 aliphatic heterocycles. The summed E-state index contributed by atoms with van der Waals surface area (Å²) in [5.41, 5.74) is 0.378. The fourth-order valence-corrected chi connectivity index (χ4v) is 1.90. The van der Waals surface area contributed by atoms with Gasteiger partial charge in [0.2, 0.25) is 0 Å². The van der Waals surface area contributed by atoms with Gasteiger partial charge in [-0.1, -0.05) is 12.1 Å². The van der Waals surface area contributed by atoms with E-state index in [9.17, 15) is 9.90 Å². The summed E-state index contributed by atoms with van der Waals surface area (Å²) in [5, 5.41) is 10.1. The number of aliphatic hydroxyl groups excluding tert-OH is 1. The van der Waals surface area contributed by atoms with Crippen LogP contribution in [0.15, 0.2) is 18.2 Å². The number of methoxy groups -OCH3 is 1. The zero-order chi connectivity index (χ0) is 14.5. The van der Waals surface area contributed by atoms with Crippen molar-refractivity contribution >= 4 is 5.97 Å². The second-order valence-electron chi connectivity index (χ2n) is 4.79. The van der Waals surface area contributed by atoms with Crippen molar-refractivity contribution in [3.05, 3.63) is 23.8 Å². The molecule has 1 aliphatic rings. The summed E-state index contributed by atoms with van der Waals surface area (Å²) >= 11 is 0. The molecule has 1 N–H and O–H groups in total. The Hall–Kier alpha value is -1.75. The van der Waals surface area contributed by atoms with Crippen LogP contribution in [0.5, 0.6) is 11.5 Å². The van der Waals surface area contributed by atoms with E-state index in [0.717, 1.165) is 12.8 Å². The van der Waals surface area contributed by atoms with Crippen molar-refractivity contribution < 1.29 is 24.1 Å². The number of rotatable bonds is 7. The Labute approximate surface area is 118 Å². The maximum absolute atomic E-state index is 11.7. The monoisotopic (exact) mass is 280 g/mol. The number of aliphatic hydroxyl groups is 1. The van der Waals surface area contributed by atoms with Crippen LogP contribution in [0, 0.1) is 5.92 Å². The van der Waals surface area contributed by atoms with E-state index >= 15 is 0 Å². The Morgan fingerprint density at radius 1 is 1.45 bits per heavy atom. The SMILES string of the molecule is CCOC(=O)C(O)c1cccc(OC)c1OCC1CC1. The van der Waals surface area contributed by atoms with E-state index in [1.807, 2.05) is 0 Å². The van der Waals surface area contributed by atoms with Crippen molar-refractivity contribution in [1.82, 2.24) is 0 Å². The van der Waals surface area contributed by atoms with Crippen molar-refractivity contribution in [2.75, 3.05) is 20.3 Å². The van der Waals surface area contributed by atoms with E-state index in [2.05, 4.69) is 0 Å². The molecule has 0 bridgehead atoms. The van der Waals surface area contributed by atoms with Gasteiger partial charge in [-0.2, -0.15) is 0 Å². The predicted molar refractivity (Wildman–Crippen MR) is 72.8 cm³/mol. The molecule has 0 spiro atoms. The van der Waals surface area contributed by atoms with Crippen LogP contribution < -0.4 is 9.47 Å². The first-order valence-electron chi connectivity index (χ1n) is 6.81. The molecule has 20 heavy (non-hydrogen) atoms. The Morgan fingerprint density at radius 2 is 2.20 bits per heavy atom. The highest BCUT2D eigenvalue weighted by atomic mass is 16.5. The second-order valence-corrected chi connectivity index (χ2v) is 4.79. The first-order valence-corrected chi connectivity index (χ1v) is 6.81. The lowest BCUT2D eigenvalue weighted by molar-refractivity contribution is -0.153. The minimum Gasteiger partial charge on any atom is -0.493 e. The normalized spacial score (nSPS) is 15.6. The molecule has 2 rings (SSSR count). The van der Waals surface area contributed by atoms with E-state index in [4.69, 9.17) is 14.2 Å². The molecule has 1 fully saturated rings. The number of carbonyl (C=O) groups is 1. The van der Waals surface area contributed by atoms with Crippen LogP contribution in [0.1, 0.15) is 31.4 Å². The number of ether oxygens (including phenoxy) is 3. The molecule has 1 aromatic carbocycles. The average Bonchev–Trinajstić information content (AvgIpc) is 3.28. The number of hydrogen-bond donors (Lipinski definition) is 1. The summed E-state index contributed by atoms with van der Waals surface area (Å²) in [4.78, 5) is 11.7. The van der Waals surface area contributed by atoms with Crippen LogP contribution in [-0.2, 0) is 9.53 Å². The van der Waals surface area contributed by atoms with Crippen molar-refractivity contribution in [3.8, 4) is 11.5 Å². The van der Waals surface area contributed by atoms with E-state index in [1.165, 1.54) is 7.11 Å².